The van der Waals surface area contributed by atoms with E-state index in [1.807, 2.05) is 0 Å². The summed E-state index contributed by atoms with van der Waals surface area (Å²) < 4.78 is 11.5. The van der Waals surface area contributed by atoms with Gasteiger partial charge in [-0.1, -0.05) is 18.2 Å². The molecule has 1 fully saturated rings. The van der Waals surface area contributed by atoms with E-state index in [1.165, 1.54) is 5.57 Å². The van der Waals surface area contributed by atoms with E-state index in [-0.39, 0.29) is 0 Å². The summed E-state index contributed by atoms with van der Waals surface area (Å²) in [5, 5.41) is 3.49. The van der Waals surface area contributed by atoms with E-state index in [9.17, 15) is 0 Å². The van der Waals surface area contributed by atoms with E-state index < -0.39 is 0 Å². The van der Waals surface area contributed by atoms with Crippen molar-refractivity contribution in [2.75, 3.05) is 19.6 Å². The number of likely N-dealkylation sites (tertiary alicyclic amines) is 1. The fourth-order valence-electron chi connectivity index (χ4n) is 3.45. The van der Waals surface area contributed by atoms with Gasteiger partial charge in [-0.05, 0) is 51.1 Å². The van der Waals surface area contributed by atoms with E-state index in [0.717, 1.165) is 63.4 Å². The molecule has 0 unspecified atom stereocenters. The van der Waals surface area contributed by atoms with Crippen molar-refractivity contribution in [3.05, 3.63) is 48.0 Å². The van der Waals surface area contributed by atoms with Gasteiger partial charge in [-0.3, -0.25) is 0 Å². The number of hydrogen-bond donors (Lipinski definition) is 2. The zero-order valence-electron chi connectivity index (χ0n) is 14.5. The van der Waals surface area contributed by atoms with Crippen molar-refractivity contribution in [3.8, 4) is 0 Å². The van der Waals surface area contributed by atoms with E-state index in [4.69, 9.17) is 15.2 Å². The second-order valence-corrected chi connectivity index (χ2v) is 6.74. The molecule has 0 saturated carbocycles. The Kier molecular flexibility index (Phi) is 5.99. The average molecular weight is 331 g/mol. The molecule has 24 heavy (non-hydrogen) atoms. The Morgan fingerprint density at radius 1 is 1.33 bits per heavy atom. The van der Waals surface area contributed by atoms with Gasteiger partial charge in [-0.25, -0.2) is 0 Å². The molecule has 5 nitrogen and oxygen atoms in total. The molecule has 2 aliphatic heterocycles. The fraction of sp³-hybridized carbons (Fsp3) is 0.579. The summed E-state index contributed by atoms with van der Waals surface area (Å²) >= 11 is 0. The van der Waals surface area contributed by atoms with Crippen molar-refractivity contribution in [2.24, 2.45) is 5.73 Å². The van der Waals surface area contributed by atoms with Crippen LogP contribution in [0.2, 0.25) is 0 Å². The maximum atomic E-state index is 6.00. The highest BCUT2D eigenvalue weighted by Gasteiger charge is 2.24. The molecule has 3 rings (SSSR count). The Morgan fingerprint density at radius 2 is 2.17 bits per heavy atom. The lowest BCUT2D eigenvalue weighted by molar-refractivity contribution is 0.135. The number of hydrogen-bond acceptors (Lipinski definition) is 5. The van der Waals surface area contributed by atoms with Crippen LogP contribution in [0, 0.1) is 0 Å². The average Bonchev–Trinajstić information content (AvgIpc) is 2.63. The van der Waals surface area contributed by atoms with Crippen LogP contribution >= 0.6 is 0 Å². The number of piperidine rings is 1. The zero-order valence-corrected chi connectivity index (χ0v) is 14.5. The summed E-state index contributed by atoms with van der Waals surface area (Å²) in [5.41, 5.74) is 6.86. The van der Waals surface area contributed by atoms with Crippen LogP contribution in [0.5, 0.6) is 0 Å². The number of ether oxygens (including phenoxy) is 2. The molecular weight excluding hydrogens is 302 g/mol. The lowest BCUT2D eigenvalue weighted by atomic mass is 10.0. The molecule has 0 spiro atoms. The number of nitrogens with zero attached hydrogens (tertiary/aromatic N) is 1. The van der Waals surface area contributed by atoms with Gasteiger partial charge in [0.25, 0.3) is 0 Å². The molecule has 0 aromatic heterocycles. The van der Waals surface area contributed by atoms with Crippen LogP contribution in [-0.4, -0.2) is 36.6 Å². The van der Waals surface area contributed by atoms with E-state index >= 15 is 0 Å². The highest BCUT2D eigenvalue weighted by atomic mass is 16.6. The second kappa shape index (κ2) is 8.40. The summed E-state index contributed by atoms with van der Waals surface area (Å²) in [7, 11) is 0. The molecule has 0 amide bonds. The van der Waals surface area contributed by atoms with E-state index in [1.54, 1.807) is 12.5 Å². The van der Waals surface area contributed by atoms with Crippen molar-refractivity contribution >= 4 is 0 Å². The molecule has 2 heterocycles. The molecule has 3 N–H and O–H groups in total. The van der Waals surface area contributed by atoms with Gasteiger partial charge in [-0.2, -0.15) is 0 Å². The maximum absolute atomic E-state index is 6.00. The van der Waals surface area contributed by atoms with Gasteiger partial charge in [0, 0.05) is 25.2 Å². The molecule has 1 saturated heterocycles. The summed E-state index contributed by atoms with van der Waals surface area (Å²) in [6.45, 7) is 5.24. The van der Waals surface area contributed by atoms with Crippen molar-refractivity contribution in [3.63, 3.8) is 0 Å². The van der Waals surface area contributed by atoms with Gasteiger partial charge in [0.15, 0.2) is 12.0 Å². The Morgan fingerprint density at radius 3 is 2.88 bits per heavy atom. The number of rotatable bonds is 6. The highest BCUT2D eigenvalue weighted by molar-refractivity contribution is 5.33. The van der Waals surface area contributed by atoms with Gasteiger partial charge < -0.3 is 25.4 Å². The summed E-state index contributed by atoms with van der Waals surface area (Å²) in [6.07, 6.45) is 15.0. The molecule has 1 atom stereocenters. The van der Waals surface area contributed by atoms with Crippen molar-refractivity contribution in [1.29, 1.82) is 0 Å². The predicted molar refractivity (Wildman–Crippen MR) is 95.7 cm³/mol. The molecular formula is C19H29N3O2. The first-order valence-corrected chi connectivity index (χ1v) is 9.06. The minimum Gasteiger partial charge on any atom is -0.463 e. The first-order valence-electron chi connectivity index (χ1n) is 9.06. The molecule has 0 aromatic rings. The summed E-state index contributed by atoms with van der Waals surface area (Å²) in [5.74, 6) is 1.54. The van der Waals surface area contributed by atoms with Crippen LogP contribution in [0.4, 0.5) is 0 Å². The number of allylic oxidation sites excluding steroid dienone is 4. The van der Waals surface area contributed by atoms with Gasteiger partial charge in [0.05, 0.1) is 0 Å². The summed E-state index contributed by atoms with van der Waals surface area (Å²) in [4.78, 5) is 2.53. The molecule has 1 aliphatic carbocycles. The first kappa shape index (κ1) is 17.1. The first-order chi connectivity index (χ1) is 11.8. The van der Waals surface area contributed by atoms with Gasteiger partial charge in [0.2, 0.25) is 5.88 Å². The van der Waals surface area contributed by atoms with Crippen LogP contribution in [0.1, 0.15) is 39.0 Å². The standard InChI is InChI=1S/C19H29N3O2/c1-15(7-10-20)22-11-8-17(9-12-22)21-19-14-23-13-18(24-19)16-5-3-2-4-6-16/h2-3,5,13-15,17,21H,4,6-12,20H2,1H3/t15-/m1/s1. The fourth-order valence-corrected chi connectivity index (χ4v) is 3.45. The van der Waals surface area contributed by atoms with Crippen LogP contribution in [0.15, 0.2) is 48.0 Å². The second-order valence-electron chi connectivity index (χ2n) is 6.74. The van der Waals surface area contributed by atoms with Crippen LogP contribution < -0.4 is 11.1 Å². The quantitative estimate of drug-likeness (QED) is 0.784. The summed E-state index contributed by atoms with van der Waals surface area (Å²) in [6, 6.07) is 1.01. The molecule has 0 aromatic carbocycles. The molecule has 132 valence electrons. The van der Waals surface area contributed by atoms with Crippen LogP contribution in [0.3, 0.4) is 0 Å². The van der Waals surface area contributed by atoms with Gasteiger partial charge in [0.1, 0.15) is 6.26 Å². The van der Waals surface area contributed by atoms with Crippen LogP contribution in [-0.2, 0) is 9.47 Å². The Bertz CT molecular complexity index is 543. The van der Waals surface area contributed by atoms with Crippen molar-refractivity contribution in [1.82, 2.24) is 10.2 Å². The lowest BCUT2D eigenvalue weighted by Gasteiger charge is -2.36. The van der Waals surface area contributed by atoms with Crippen LogP contribution in [0.25, 0.3) is 0 Å². The topological polar surface area (TPSA) is 59.8 Å². The third-order valence-corrected chi connectivity index (χ3v) is 4.98. The largest absolute Gasteiger partial charge is 0.463 e. The molecule has 3 aliphatic rings. The molecule has 0 bridgehead atoms. The smallest absolute Gasteiger partial charge is 0.229 e. The molecule has 5 heteroatoms. The minimum atomic E-state index is 0.431. The van der Waals surface area contributed by atoms with Gasteiger partial charge in [-0.15, -0.1) is 0 Å². The predicted octanol–water partition coefficient (Wildman–Crippen LogP) is 2.74. The van der Waals surface area contributed by atoms with Gasteiger partial charge >= 0.3 is 0 Å². The highest BCUT2D eigenvalue weighted by Crippen LogP contribution is 2.26. The third-order valence-electron chi connectivity index (χ3n) is 4.98. The number of nitrogens with one attached hydrogen (secondary N) is 1. The SMILES string of the molecule is C[C@H](CCN)N1CCC(NC2=COC=C(C3=CC=CCC3)O2)CC1. The Labute approximate surface area is 144 Å². The maximum Gasteiger partial charge on any atom is 0.229 e. The van der Waals surface area contributed by atoms with E-state index in [2.05, 4.69) is 35.4 Å². The zero-order chi connectivity index (χ0) is 16.8. The normalized spacial score (nSPS) is 23.5. The number of nitrogens with two attached hydrogens (primary N) is 1. The lowest BCUT2D eigenvalue weighted by Crippen LogP contribution is -2.46. The van der Waals surface area contributed by atoms with Crippen molar-refractivity contribution < 1.29 is 9.47 Å². The third kappa shape index (κ3) is 4.42. The van der Waals surface area contributed by atoms with E-state index in [0.29, 0.717) is 12.1 Å². The monoisotopic (exact) mass is 331 g/mol. The van der Waals surface area contributed by atoms with Crippen molar-refractivity contribution in [2.45, 2.75) is 51.1 Å². The minimum absolute atomic E-state index is 0.431. The Hall–Kier alpha value is -1.72. The Balaban J connectivity index is 1.46. The molecule has 0 radical (unpaired) electrons.